The molecule has 110 valence electrons. The average Bonchev–Trinajstić information content (AvgIpc) is 2.49. The van der Waals surface area contributed by atoms with Gasteiger partial charge >= 0.3 is 12.2 Å². The van der Waals surface area contributed by atoms with E-state index in [1.54, 1.807) is 0 Å². The van der Waals surface area contributed by atoms with Crippen LogP contribution in [0.3, 0.4) is 0 Å². The Labute approximate surface area is 116 Å². The van der Waals surface area contributed by atoms with Gasteiger partial charge in [-0.2, -0.15) is 0 Å². The molecule has 0 fully saturated rings. The Balaban J connectivity index is 2.15. The lowest BCUT2D eigenvalue weighted by Crippen LogP contribution is -2.35. The molecule has 0 heterocycles. The molecule has 0 aromatic heterocycles. The number of aliphatic hydroxyl groups is 1. The summed E-state index contributed by atoms with van der Waals surface area (Å²) in [5, 5.41) is 11.7. The summed E-state index contributed by atoms with van der Waals surface area (Å²) >= 11 is 0. The van der Waals surface area contributed by atoms with Crippen LogP contribution in [0.25, 0.3) is 0 Å². The fraction of sp³-hybridized carbons (Fsp3) is 0.385. The molecule has 0 aliphatic heterocycles. The highest BCUT2D eigenvalue weighted by Crippen LogP contribution is 2.01. The summed E-state index contributed by atoms with van der Waals surface area (Å²) in [7, 11) is 1.21. The van der Waals surface area contributed by atoms with E-state index in [2.05, 4.69) is 14.8 Å². The number of ether oxygens (including phenoxy) is 3. The zero-order valence-corrected chi connectivity index (χ0v) is 11.1. The van der Waals surface area contributed by atoms with E-state index < -0.39 is 18.4 Å². The smallest absolute Gasteiger partial charge is 0.453 e. The highest BCUT2D eigenvalue weighted by Gasteiger charge is 2.11. The van der Waals surface area contributed by atoms with Crippen LogP contribution < -0.4 is 5.32 Å². The first-order chi connectivity index (χ1) is 9.61. The molecule has 1 aromatic carbocycles. The molecule has 1 unspecified atom stereocenters. The third kappa shape index (κ3) is 6.60. The van der Waals surface area contributed by atoms with Crippen molar-refractivity contribution in [3.63, 3.8) is 0 Å². The Kier molecular flexibility index (Phi) is 6.91. The van der Waals surface area contributed by atoms with Crippen molar-refractivity contribution in [3.05, 3.63) is 35.9 Å². The largest absolute Gasteiger partial charge is 0.508 e. The number of amides is 1. The van der Waals surface area contributed by atoms with E-state index in [1.807, 2.05) is 30.3 Å². The summed E-state index contributed by atoms with van der Waals surface area (Å²) in [4.78, 5) is 22.0. The molecule has 1 amide bonds. The SMILES string of the molecule is COC(=O)NCC(O)COC(=O)OCc1ccccc1. The maximum Gasteiger partial charge on any atom is 0.508 e. The first-order valence-corrected chi connectivity index (χ1v) is 5.95. The van der Waals surface area contributed by atoms with Crippen LogP contribution in [0.2, 0.25) is 0 Å². The molecule has 7 nitrogen and oxygen atoms in total. The Bertz CT molecular complexity index is 422. The molecule has 7 heteroatoms. The molecule has 0 bridgehead atoms. The first-order valence-electron chi connectivity index (χ1n) is 5.95. The molecule has 0 saturated carbocycles. The molecule has 0 radical (unpaired) electrons. The minimum atomic E-state index is -1.03. The molecule has 0 spiro atoms. The summed E-state index contributed by atoms with van der Waals surface area (Å²) in [6.45, 7) is -0.271. The van der Waals surface area contributed by atoms with Crippen molar-refractivity contribution in [2.24, 2.45) is 0 Å². The van der Waals surface area contributed by atoms with Crippen LogP contribution in [0, 0.1) is 0 Å². The van der Waals surface area contributed by atoms with Gasteiger partial charge in [0.25, 0.3) is 0 Å². The van der Waals surface area contributed by atoms with Crippen LogP contribution in [0.4, 0.5) is 9.59 Å². The normalized spacial score (nSPS) is 11.3. The van der Waals surface area contributed by atoms with Gasteiger partial charge in [-0.3, -0.25) is 0 Å². The number of hydrogen-bond acceptors (Lipinski definition) is 6. The Morgan fingerprint density at radius 3 is 2.60 bits per heavy atom. The van der Waals surface area contributed by atoms with Gasteiger partial charge in [0.15, 0.2) is 0 Å². The van der Waals surface area contributed by atoms with Crippen molar-refractivity contribution in [2.45, 2.75) is 12.7 Å². The fourth-order valence-corrected chi connectivity index (χ4v) is 1.25. The molecule has 0 aliphatic rings. The monoisotopic (exact) mass is 283 g/mol. The fourth-order valence-electron chi connectivity index (χ4n) is 1.25. The van der Waals surface area contributed by atoms with E-state index >= 15 is 0 Å². The maximum atomic E-state index is 11.2. The summed E-state index contributed by atoms with van der Waals surface area (Å²) in [5.41, 5.74) is 0.831. The number of methoxy groups -OCH3 is 1. The topological polar surface area (TPSA) is 94.1 Å². The average molecular weight is 283 g/mol. The van der Waals surface area contributed by atoms with Crippen molar-refractivity contribution in [1.29, 1.82) is 0 Å². The molecule has 0 saturated heterocycles. The van der Waals surface area contributed by atoms with Crippen molar-refractivity contribution < 1.29 is 28.9 Å². The van der Waals surface area contributed by atoms with Crippen molar-refractivity contribution in [3.8, 4) is 0 Å². The summed E-state index contributed by atoms with van der Waals surface area (Å²) in [6.07, 6.45) is -2.58. The van der Waals surface area contributed by atoms with Crippen molar-refractivity contribution in [1.82, 2.24) is 5.32 Å². The van der Waals surface area contributed by atoms with E-state index in [1.165, 1.54) is 7.11 Å². The molecule has 0 aliphatic carbocycles. The molecule has 1 rings (SSSR count). The lowest BCUT2D eigenvalue weighted by molar-refractivity contribution is 0.0158. The number of benzene rings is 1. The van der Waals surface area contributed by atoms with Gasteiger partial charge in [0, 0.05) is 0 Å². The number of alkyl carbamates (subject to hydrolysis) is 1. The van der Waals surface area contributed by atoms with Crippen LogP contribution >= 0.6 is 0 Å². The molecular weight excluding hydrogens is 266 g/mol. The molecule has 2 N–H and O–H groups in total. The molecule has 1 aromatic rings. The number of carbonyl (C=O) groups excluding carboxylic acids is 2. The van der Waals surface area contributed by atoms with E-state index in [4.69, 9.17) is 4.74 Å². The van der Waals surface area contributed by atoms with Gasteiger partial charge in [-0.05, 0) is 5.56 Å². The van der Waals surface area contributed by atoms with Gasteiger partial charge in [-0.1, -0.05) is 30.3 Å². The Hall–Kier alpha value is -2.28. The number of hydrogen-bond donors (Lipinski definition) is 2. The second kappa shape index (κ2) is 8.76. The highest BCUT2D eigenvalue weighted by molar-refractivity contribution is 5.66. The van der Waals surface area contributed by atoms with Gasteiger partial charge in [-0.25, -0.2) is 9.59 Å². The zero-order chi connectivity index (χ0) is 14.8. The van der Waals surface area contributed by atoms with Crippen LogP contribution in [0.15, 0.2) is 30.3 Å². The lowest BCUT2D eigenvalue weighted by Gasteiger charge is -2.11. The first kappa shape index (κ1) is 15.8. The second-order valence-electron chi connectivity index (χ2n) is 3.86. The minimum Gasteiger partial charge on any atom is -0.453 e. The standard InChI is InChI=1S/C13H17NO6/c1-18-12(16)14-7-11(15)9-20-13(17)19-8-10-5-3-2-4-6-10/h2-6,11,15H,7-9H2,1H3,(H,14,16). The van der Waals surface area contributed by atoms with E-state index in [9.17, 15) is 14.7 Å². The number of rotatable bonds is 6. The van der Waals surface area contributed by atoms with Crippen molar-refractivity contribution >= 4 is 12.2 Å². The number of nitrogens with one attached hydrogen (secondary N) is 1. The third-order valence-corrected chi connectivity index (χ3v) is 2.26. The molecular formula is C13H17NO6. The minimum absolute atomic E-state index is 0.0847. The maximum absolute atomic E-state index is 11.2. The van der Waals surface area contributed by atoms with E-state index in [0.717, 1.165) is 5.56 Å². The highest BCUT2D eigenvalue weighted by atomic mass is 16.7. The van der Waals surface area contributed by atoms with Gasteiger partial charge in [0.05, 0.1) is 13.7 Å². The van der Waals surface area contributed by atoms with Crippen LogP contribution in [-0.4, -0.2) is 43.7 Å². The predicted molar refractivity (Wildman–Crippen MR) is 69.0 cm³/mol. The van der Waals surface area contributed by atoms with E-state index in [-0.39, 0.29) is 19.8 Å². The second-order valence-corrected chi connectivity index (χ2v) is 3.86. The van der Waals surface area contributed by atoms with Gasteiger partial charge in [0.1, 0.15) is 19.3 Å². The van der Waals surface area contributed by atoms with Gasteiger partial charge < -0.3 is 24.6 Å². The van der Waals surface area contributed by atoms with Crippen LogP contribution in [0.1, 0.15) is 5.56 Å². The quantitative estimate of drug-likeness (QED) is 0.758. The lowest BCUT2D eigenvalue weighted by atomic mass is 10.2. The number of carbonyl (C=O) groups is 2. The summed E-state index contributed by atoms with van der Waals surface area (Å²) in [5.74, 6) is 0. The third-order valence-electron chi connectivity index (χ3n) is 2.26. The Morgan fingerprint density at radius 2 is 1.95 bits per heavy atom. The molecule has 20 heavy (non-hydrogen) atoms. The van der Waals surface area contributed by atoms with E-state index in [0.29, 0.717) is 0 Å². The van der Waals surface area contributed by atoms with Crippen molar-refractivity contribution in [2.75, 3.05) is 20.3 Å². The number of aliphatic hydroxyl groups excluding tert-OH is 1. The summed E-state index contributed by atoms with van der Waals surface area (Å²) < 4.78 is 13.8. The zero-order valence-electron chi connectivity index (χ0n) is 11.1. The molecule has 1 atom stereocenters. The van der Waals surface area contributed by atoms with Crippen LogP contribution in [-0.2, 0) is 20.8 Å². The Morgan fingerprint density at radius 1 is 1.25 bits per heavy atom. The predicted octanol–water partition coefficient (Wildman–Crippen LogP) is 1.06. The van der Waals surface area contributed by atoms with Crippen LogP contribution in [0.5, 0.6) is 0 Å². The van der Waals surface area contributed by atoms with Gasteiger partial charge in [-0.15, -0.1) is 0 Å². The summed E-state index contributed by atoms with van der Waals surface area (Å²) in [6, 6.07) is 9.12. The van der Waals surface area contributed by atoms with Gasteiger partial charge in [0.2, 0.25) is 0 Å².